The van der Waals surface area contributed by atoms with Crippen LogP contribution >= 0.6 is 11.6 Å². The molecule has 26 heavy (non-hydrogen) atoms. The van der Waals surface area contributed by atoms with Gasteiger partial charge in [-0.3, -0.25) is 9.10 Å². The van der Waals surface area contributed by atoms with E-state index in [1.54, 1.807) is 30.3 Å². The van der Waals surface area contributed by atoms with Gasteiger partial charge in [-0.15, -0.1) is 0 Å². The number of benzene rings is 2. The highest BCUT2D eigenvalue weighted by atomic mass is 35.5. The second-order valence-corrected chi connectivity index (χ2v) is 8.35. The van der Waals surface area contributed by atoms with Crippen molar-refractivity contribution >= 4 is 38.9 Å². The summed E-state index contributed by atoms with van der Waals surface area (Å²) in [5.41, 5.74) is 1.53. The quantitative estimate of drug-likeness (QED) is 0.871. The first kappa shape index (κ1) is 18.2. The average molecular weight is 390 g/mol. The van der Waals surface area contributed by atoms with Crippen LogP contribution in [0.1, 0.15) is 28.8 Å². The molecule has 1 aliphatic rings. The molecule has 1 saturated heterocycles. The number of amides is 1. The number of sulfonamides is 1. The number of carbonyl (C=O) groups excluding carboxylic acids is 1. The fraction of sp³-hybridized carbons (Fsp3) is 0.222. The standard InChI is InChI=1S/C18H16ClN3O3S/c19-15-6-3-14(12-20)17(11-15)21-18(23)13-4-7-16(8-5-13)22-9-1-2-10-26(22,24)25/h3-8,11H,1-2,9-10H2,(H,21,23). The Balaban J connectivity index is 1.80. The van der Waals surface area contributed by atoms with E-state index in [1.807, 2.05) is 6.07 Å². The van der Waals surface area contributed by atoms with Gasteiger partial charge in [0.1, 0.15) is 6.07 Å². The fourth-order valence-corrected chi connectivity index (χ4v) is 4.58. The molecule has 1 N–H and O–H groups in total. The third kappa shape index (κ3) is 3.82. The van der Waals surface area contributed by atoms with E-state index in [1.165, 1.54) is 16.4 Å². The maximum Gasteiger partial charge on any atom is 0.255 e. The van der Waals surface area contributed by atoms with Gasteiger partial charge in [-0.1, -0.05) is 11.6 Å². The van der Waals surface area contributed by atoms with Gasteiger partial charge < -0.3 is 5.32 Å². The van der Waals surface area contributed by atoms with Gasteiger partial charge in [0, 0.05) is 17.1 Å². The summed E-state index contributed by atoms with van der Waals surface area (Å²) in [7, 11) is -3.29. The molecule has 0 unspecified atom stereocenters. The Labute approximate surface area is 157 Å². The lowest BCUT2D eigenvalue weighted by Crippen LogP contribution is -2.37. The molecule has 0 radical (unpaired) electrons. The van der Waals surface area contributed by atoms with Gasteiger partial charge in [0.05, 0.1) is 22.7 Å². The minimum atomic E-state index is -3.29. The Kier molecular flexibility index (Phi) is 5.16. The summed E-state index contributed by atoms with van der Waals surface area (Å²) in [4.78, 5) is 12.4. The minimum Gasteiger partial charge on any atom is -0.321 e. The molecule has 3 rings (SSSR count). The lowest BCUT2D eigenvalue weighted by atomic mass is 10.1. The molecule has 0 saturated carbocycles. The van der Waals surface area contributed by atoms with E-state index < -0.39 is 15.9 Å². The van der Waals surface area contributed by atoms with Crippen molar-refractivity contribution in [3.05, 3.63) is 58.6 Å². The highest BCUT2D eigenvalue weighted by Crippen LogP contribution is 2.25. The molecule has 0 aliphatic carbocycles. The normalized spacial score (nSPS) is 15.9. The summed E-state index contributed by atoms with van der Waals surface area (Å²) in [6.07, 6.45) is 1.48. The highest BCUT2D eigenvalue weighted by Gasteiger charge is 2.26. The van der Waals surface area contributed by atoms with Crippen LogP contribution in [0.2, 0.25) is 5.02 Å². The summed E-state index contributed by atoms with van der Waals surface area (Å²) >= 11 is 5.91. The van der Waals surface area contributed by atoms with Crippen LogP contribution in [0.3, 0.4) is 0 Å². The van der Waals surface area contributed by atoms with Crippen LogP contribution in [-0.4, -0.2) is 26.6 Å². The van der Waals surface area contributed by atoms with Crippen LogP contribution in [0.15, 0.2) is 42.5 Å². The van der Waals surface area contributed by atoms with E-state index in [-0.39, 0.29) is 5.75 Å². The molecular weight excluding hydrogens is 374 g/mol. The first-order chi connectivity index (χ1) is 12.4. The van der Waals surface area contributed by atoms with Crippen molar-refractivity contribution in [3.8, 4) is 6.07 Å². The summed E-state index contributed by atoms with van der Waals surface area (Å²) in [6.45, 7) is 0.446. The Morgan fingerprint density at radius 1 is 1.15 bits per heavy atom. The highest BCUT2D eigenvalue weighted by molar-refractivity contribution is 7.92. The third-order valence-electron chi connectivity index (χ3n) is 4.12. The second-order valence-electron chi connectivity index (χ2n) is 5.90. The van der Waals surface area contributed by atoms with E-state index >= 15 is 0 Å². The zero-order valence-electron chi connectivity index (χ0n) is 13.8. The van der Waals surface area contributed by atoms with Crippen LogP contribution in [0.25, 0.3) is 0 Å². The average Bonchev–Trinajstić information content (AvgIpc) is 2.62. The van der Waals surface area contributed by atoms with E-state index in [0.717, 1.165) is 6.42 Å². The summed E-state index contributed by atoms with van der Waals surface area (Å²) < 4.78 is 25.7. The van der Waals surface area contributed by atoms with Gasteiger partial charge in [-0.25, -0.2) is 8.42 Å². The summed E-state index contributed by atoms with van der Waals surface area (Å²) in [6, 6.07) is 12.9. The topological polar surface area (TPSA) is 90.3 Å². The Hall–Kier alpha value is -2.56. The third-order valence-corrected chi connectivity index (χ3v) is 6.22. The van der Waals surface area contributed by atoms with E-state index in [9.17, 15) is 13.2 Å². The van der Waals surface area contributed by atoms with Crippen molar-refractivity contribution in [1.82, 2.24) is 0 Å². The van der Waals surface area contributed by atoms with E-state index in [4.69, 9.17) is 16.9 Å². The van der Waals surface area contributed by atoms with Gasteiger partial charge in [0.15, 0.2) is 0 Å². The number of nitrogens with zero attached hydrogens (tertiary/aromatic N) is 2. The number of nitriles is 1. The second kappa shape index (κ2) is 7.36. The molecule has 1 aliphatic heterocycles. The molecule has 0 spiro atoms. The lowest BCUT2D eigenvalue weighted by molar-refractivity contribution is 0.102. The van der Waals surface area contributed by atoms with Crippen LogP contribution in [0, 0.1) is 11.3 Å². The molecule has 1 heterocycles. The molecule has 1 amide bonds. The molecule has 1 fully saturated rings. The first-order valence-corrected chi connectivity index (χ1v) is 10.0. The number of hydrogen-bond acceptors (Lipinski definition) is 4. The molecule has 134 valence electrons. The van der Waals surface area contributed by atoms with Crippen LogP contribution in [-0.2, 0) is 10.0 Å². The zero-order chi connectivity index (χ0) is 18.7. The van der Waals surface area contributed by atoms with Gasteiger partial charge >= 0.3 is 0 Å². The van der Waals surface area contributed by atoms with Crippen molar-refractivity contribution in [2.24, 2.45) is 0 Å². The smallest absolute Gasteiger partial charge is 0.255 e. The molecule has 6 nitrogen and oxygen atoms in total. The van der Waals surface area contributed by atoms with Crippen molar-refractivity contribution < 1.29 is 13.2 Å². The summed E-state index contributed by atoms with van der Waals surface area (Å²) in [5, 5.41) is 12.2. The molecule has 0 aromatic heterocycles. The molecule has 0 bridgehead atoms. The van der Waals surface area contributed by atoms with E-state index in [2.05, 4.69) is 5.32 Å². The zero-order valence-corrected chi connectivity index (χ0v) is 15.3. The van der Waals surface area contributed by atoms with Crippen molar-refractivity contribution in [2.75, 3.05) is 21.9 Å². The van der Waals surface area contributed by atoms with Crippen molar-refractivity contribution in [2.45, 2.75) is 12.8 Å². The molecule has 8 heteroatoms. The molecule has 0 atom stereocenters. The number of halogens is 1. The predicted octanol–water partition coefficient (Wildman–Crippen LogP) is 3.39. The molecule has 2 aromatic rings. The van der Waals surface area contributed by atoms with Crippen molar-refractivity contribution in [3.63, 3.8) is 0 Å². The van der Waals surface area contributed by atoms with Gasteiger partial charge in [-0.05, 0) is 55.3 Å². The minimum absolute atomic E-state index is 0.140. The van der Waals surface area contributed by atoms with Crippen LogP contribution in [0.4, 0.5) is 11.4 Å². The van der Waals surface area contributed by atoms with Gasteiger partial charge in [0.2, 0.25) is 10.0 Å². The van der Waals surface area contributed by atoms with Gasteiger partial charge in [-0.2, -0.15) is 5.26 Å². The maximum absolute atomic E-state index is 12.4. The number of carbonyl (C=O) groups is 1. The van der Waals surface area contributed by atoms with Gasteiger partial charge in [0.25, 0.3) is 5.91 Å². The maximum atomic E-state index is 12.4. The van der Waals surface area contributed by atoms with Crippen LogP contribution in [0.5, 0.6) is 0 Å². The predicted molar refractivity (Wildman–Crippen MR) is 101 cm³/mol. The van der Waals surface area contributed by atoms with Crippen molar-refractivity contribution in [1.29, 1.82) is 5.26 Å². The molecular formula is C18H16ClN3O3S. The SMILES string of the molecule is N#Cc1ccc(Cl)cc1NC(=O)c1ccc(N2CCCCS2(=O)=O)cc1. The molecule has 2 aromatic carbocycles. The monoisotopic (exact) mass is 389 g/mol. The number of rotatable bonds is 3. The number of anilines is 2. The first-order valence-electron chi connectivity index (χ1n) is 8.02. The van der Waals surface area contributed by atoms with E-state index in [0.29, 0.717) is 40.5 Å². The lowest BCUT2D eigenvalue weighted by Gasteiger charge is -2.28. The largest absolute Gasteiger partial charge is 0.321 e. The number of nitrogens with one attached hydrogen (secondary N) is 1. The Morgan fingerprint density at radius 2 is 1.88 bits per heavy atom. The number of hydrogen-bond donors (Lipinski definition) is 1. The van der Waals surface area contributed by atoms with Crippen LogP contribution < -0.4 is 9.62 Å². The Bertz CT molecular complexity index is 982. The summed E-state index contributed by atoms with van der Waals surface area (Å²) in [5.74, 6) is -0.266. The Morgan fingerprint density at radius 3 is 2.54 bits per heavy atom. The fourth-order valence-electron chi connectivity index (χ4n) is 2.77.